The van der Waals surface area contributed by atoms with Gasteiger partial charge in [0.25, 0.3) is 0 Å². The van der Waals surface area contributed by atoms with Gasteiger partial charge in [0.15, 0.2) is 5.78 Å². The SMILES string of the molecule is Cc1nc2ccc(N3CCOCC3)cc2c(-c2ccccc2)c1C(=O)C1CC1. The van der Waals surface area contributed by atoms with Crippen LogP contribution in [0.25, 0.3) is 22.0 Å². The van der Waals surface area contributed by atoms with Crippen LogP contribution in [-0.2, 0) is 4.74 Å². The number of fused-ring (bicyclic) bond motifs is 1. The summed E-state index contributed by atoms with van der Waals surface area (Å²) in [7, 11) is 0. The van der Waals surface area contributed by atoms with Gasteiger partial charge in [-0.15, -0.1) is 0 Å². The molecule has 0 spiro atoms. The van der Waals surface area contributed by atoms with Gasteiger partial charge in [-0.25, -0.2) is 0 Å². The summed E-state index contributed by atoms with van der Waals surface area (Å²) in [6, 6.07) is 16.7. The molecule has 0 unspecified atom stereocenters. The number of rotatable bonds is 4. The fraction of sp³-hybridized carbons (Fsp3) is 0.333. The summed E-state index contributed by atoms with van der Waals surface area (Å²) < 4.78 is 5.50. The maximum absolute atomic E-state index is 13.2. The lowest BCUT2D eigenvalue weighted by Crippen LogP contribution is -2.36. The van der Waals surface area contributed by atoms with Crippen LogP contribution in [0.3, 0.4) is 0 Å². The van der Waals surface area contributed by atoms with Crippen LogP contribution in [0, 0.1) is 12.8 Å². The van der Waals surface area contributed by atoms with E-state index >= 15 is 0 Å². The number of carbonyl (C=O) groups excluding carboxylic acids is 1. The van der Waals surface area contributed by atoms with Crippen molar-refractivity contribution in [2.45, 2.75) is 19.8 Å². The van der Waals surface area contributed by atoms with Gasteiger partial charge in [0.2, 0.25) is 0 Å². The molecule has 2 aromatic carbocycles. The number of carbonyl (C=O) groups is 1. The van der Waals surface area contributed by atoms with E-state index in [9.17, 15) is 4.79 Å². The molecular weight excluding hydrogens is 348 g/mol. The summed E-state index contributed by atoms with van der Waals surface area (Å²) in [4.78, 5) is 20.3. The second kappa shape index (κ2) is 7.02. The molecule has 4 heteroatoms. The lowest BCUT2D eigenvalue weighted by atomic mass is 9.90. The van der Waals surface area contributed by atoms with Crippen LogP contribution in [0.1, 0.15) is 28.9 Å². The Morgan fingerprint density at radius 1 is 1.07 bits per heavy atom. The molecule has 1 saturated carbocycles. The first kappa shape index (κ1) is 17.4. The zero-order chi connectivity index (χ0) is 19.1. The fourth-order valence-electron chi connectivity index (χ4n) is 4.15. The van der Waals surface area contributed by atoms with Crippen LogP contribution in [-0.4, -0.2) is 37.1 Å². The molecule has 28 heavy (non-hydrogen) atoms. The molecule has 2 fully saturated rings. The number of morpholine rings is 1. The maximum atomic E-state index is 13.2. The number of pyridine rings is 1. The van der Waals surface area contributed by atoms with Gasteiger partial charge in [-0.1, -0.05) is 30.3 Å². The minimum Gasteiger partial charge on any atom is -0.378 e. The minimum atomic E-state index is 0.169. The lowest BCUT2D eigenvalue weighted by molar-refractivity contribution is 0.0967. The number of ketones is 1. The molecule has 0 radical (unpaired) electrons. The second-order valence-corrected chi connectivity index (χ2v) is 7.75. The number of aromatic nitrogens is 1. The van der Waals surface area contributed by atoms with E-state index in [1.807, 2.05) is 25.1 Å². The Morgan fingerprint density at radius 2 is 1.82 bits per heavy atom. The molecule has 1 aromatic heterocycles. The standard InChI is InChI=1S/C24H24N2O2/c1-16-22(24(27)18-7-8-18)23(17-5-3-2-4-6-17)20-15-19(9-10-21(20)25-16)26-11-13-28-14-12-26/h2-6,9-10,15,18H,7-8,11-14H2,1H3. The molecule has 0 N–H and O–H groups in total. The van der Waals surface area contributed by atoms with Gasteiger partial charge < -0.3 is 9.64 Å². The normalized spacial score (nSPS) is 17.1. The van der Waals surface area contributed by atoms with E-state index in [0.29, 0.717) is 0 Å². The van der Waals surface area contributed by atoms with Gasteiger partial charge in [0.05, 0.1) is 18.7 Å². The van der Waals surface area contributed by atoms with Crippen molar-refractivity contribution in [2.24, 2.45) is 5.92 Å². The van der Waals surface area contributed by atoms with Crippen molar-refractivity contribution < 1.29 is 9.53 Å². The smallest absolute Gasteiger partial charge is 0.168 e. The predicted octanol–water partition coefficient (Wildman–Crippen LogP) is 4.64. The highest BCUT2D eigenvalue weighted by Crippen LogP contribution is 2.40. The highest BCUT2D eigenvalue weighted by molar-refractivity contribution is 6.12. The van der Waals surface area contributed by atoms with Gasteiger partial charge in [-0.3, -0.25) is 9.78 Å². The van der Waals surface area contributed by atoms with Crippen molar-refractivity contribution in [3.8, 4) is 11.1 Å². The van der Waals surface area contributed by atoms with Crippen LogP contribution in [0.15, 0.2) is 48.5 Å². The topological polar surface area (TPSA) is 42.4 Å². The monoisotopic (exact) mass is 372 g/mol. The van der Waals surface area contributed by atoms with Gasteiger partial charge >= 0.3 is 0 Å². The third kappa shape index (κ3) is 3.08. The molecule has 4 nitrogen and oxygen atoms in total. The first-order valence-corrected chi connectivity index (χ1v) is 10.1. The Balaban J connectivity index is 1.75. The van der Waals surface area contributed by atoms with Crippen molar-refractivity contribution in [3.63, 3.8) is 0 Å². The highest BCUT2D eigenvalue weighted by Gasteiger charge is 2.34. The first-order chi connectivity index (χ1) is 13.7. The zero-order valence-electron chi connectivity index (χ0n) is 16.1. The van der Waals surface area contributed by atoms with Crippen LogP contribution in [0.2, 0.25) is 0 Å². The molecule has 142 valence electrons. The molecule has 2 aliphatic rings. The average molecular weight is 372 g/mol. The van der Waals surface area contributed by atoms with Gasteiger partial charge in [0.1, 0.15) is 0 Å². The Morgan fingerprint density at radius 3 is 2.54 bits per heavy atom. The molecule has 0 atom stereocenters. The fourth-order valence-corrected chi connectivity index (χ4v) is 4.15. The van der Waals surface area contributed by atoms with Crippen molar-refractivity contribution in [1.82, 2.24) is 4.98 Å². The summed E-state index contributed by atoms with van der Waals surface area (Å²) >= 11 is 0. The van der Waals surface area contributed by atoms with Crippen molar-refractivity contribution >= 4 is 22.4 Å². The van der Waals surface area contributed by atoms with Crippen molar-refractivity contribution in [2.75, 3.05) is 31.2 Å². The first-order valence-electron chi connectivity index (χ1n) is 10.1. The van der Waals surface area contributed by atoms with E-state index in [0.717, 1.165) is 72.4 Å². The average Bonchev–Trinajstić information content (AvgIpc) is 3.59. The van der Waals surface area contributed by atoms with E-state index in [2.05, 4.69) is 35.2 Å². The summed E-state index contributed by atoms with van der Waals surface area (Å²) in [5.74, 6) is 0.422. The molecule has 2 heterocycles. The molecule has 1 aliphatic carbocycles. The zero-order valence-corrected chi connectivity index (χ0v) is 16.1. The van der Waals surface area contributed by atoms with E-state index in [4.69, 9.17) is 9.72 Å². The van der Waals surface area contributed by atoms with Crippen molar-refractivity contribution in [1.29, 1.82) is 0 Å². The summed E-state index contributed by atoms with van der Waals surface area (Å²) in [6.07, 6.45) is 2.00. The quantitative estimate of drug-likeness (QED) is 0.626. The van der Waals surface area contributed by atoms with Crippen LogP contribution < -0.4 is 4.90 Å². The summed E-state index contributed by atoms with van der Waals surface area (Å²) in [5, 5.41) is 1.06. The van der Waals surface area contributed by atoms with E-state index in [-0.39, 0.29) is 11.7 Å². The van der Waals surface area contributed by atoms with Gasteiger partial charge in [-0.2, -0.15) is 0 Å². The molecular formula is C24H24N2O2. The second-order valence-electron chi connectivity index (χ2n) is 7.75. The number of Topliss-reactive ketones (excluding diaryl/α,β-unsaturated/α-hetero) is 1. The number of hydrogen-bond acceptors (Lipinski definition) is 4. The van der Waals surface area contributed by atoms with E-state index in [1.54, 1.807) is 0 Å². The van der Waals surface area contributed by atoms with Crippen LogP contribution in [0.5, 0.6) is 0 Å². The highest BCUT2D eigenvalue weighted by atomic mass is 16.5. The Bertz CT molecular complexity index is 1040. The Labute approximate surface area is 165 Å². The molecule has 5 rings (SSSR count). The third-order valence-corrected chi connectivity index (χ3v) is 5.78. The molecule has 3 aromatic rings. The van der Waals surface area contributed by atoms with E-state index < -0.39 is 0 Å². The Hall–Kier alpha value is -2.72. The number of ether oxygens (including phenoxy) is 1. The molecule has 0 bridgehead atoms. The largest absolute Gasteiger partial charge is 0.378 e. The van der Waals surface area contributed by atoms with Crippen LogP contribution >= 0.6 is 0 Å². The number of nitrogens with zero attached hydrogens (tertiary/aromatic N) is 2. The number of aryl methyl sites for hydroxylation is 1. The van der Waals surface area contributed by atoms with Crippen LogP contribution in [0.4, 0.5) is 5.69 Å². The molecule has 0 amide bonds. The maximum Gasteiger partial charge on any atom is 0.168 e. The summed E-state index contributed by atoms with van der Waals surface area (Å²) in [6.45, 7) is 5.25. The lowest BCUT2D eigenvalue weighted by Gasteiger charge is -2.29. The van der Waals surface area contributed by atoms with Crippen molar-refractivity contribution in [3.05, 3.63) is 59.8 Å². The predicted molar refractivity (Wildman–Crippen MR) is 112 cm³/mol. The number of benzene rings is 2. The number of anilines is 1. The van der Waals surface area contributed by atoms with Gasteiger partial charge in [-0.05, 0) is 43.5 Å². The molecule has 1 saturated heterocycles. The third-order valence-electron chi connectivity index (χ3n) is 5.78. The minimum absolute atomic E-state index is 0.169. The number of hydrogen-bond donors (Lipinski definition) is 0. The molecule has 1 aliphatic heterocycles. The Kier molecular flexibility index (Phi) is 4.36. The summed E-state index contributed by atoms with van der Waals surface area (Å²) in [5.41, 5.74) is 5.88. The van der Waals surface area contributed by atoms with Gasteiger partial charge in [0, 0.05) is 46.9 Å². The van der Waals surface area contributed by atoms with E-state index in [1.165, 1.54) is 5.69 Å².